The van der Waals surface area contributed by atoms with Gasteiger partial charge in [0.15, 0.2) is 11.6 Å². The number of nitro benzene ring substituents is 1. The SMILES string of the molecule is CCN(C[C@@H](N)c1cc(F)c(F)cc1F)S(=O)(=O)c1ccc([N+](=O)[O-])cc1. The minimum Gasteiger partial charge on any atom is -0.323 e. The topological polar surface area (TPSA) is 107 Å². The van der Waals surface area contributed by atoms with E-state index in [4.69, 9.17) is 5.73 Å². The molecule has 2 N–H and O–H groups in total. The van der Waals surface area contributed by atoms with Crippen molar-refractivity contribution in [2.75, 3.05) is 13.1 Å². The largest absolute Gasteiger partial charge is 0.323 e. The molecule has 0 saturated heterocycles. The molecule has 0 fully saturated rings. The normalized spacial score (nSPS) is 13.0. The summed E-state index contributed by atoms with van der Waals surface area (Å²) in [5.41, 5.74) is 5.16. The van der Waals surface area contributed by atoms with Gasteiger partial charge in [-0.05, 0) is 18.2 Å². The number of nitrogens with zero attached hydrogens (tertiary/aromatic N) is 2. The van der Waals surface area contributed by atoms with Crippen molar-refractivity contribution in [1.29, 1.82) is 0 Å². The predicted molar refractivity (Wildman–Crippen MR) is 90.8 cm³/mol. The summed E-state index contributed by atoms with van der Waals surface area (Å²) >= 11 is 0. The Labute approximate surface area is 153 Å². The third kappa shape index (κ3) is 4.43. The molecule has 1 atom stereocenters. The van der Waals surface area contributed by atoms with Crippen molar-refractivity contribution in [2.24, 2.45) is 5.73 Å². The lowest BCUT2D eigenvalue weighted by atomic mass is 10.1. The first kappa shape index (κ1) is 20.8. The number of hydrogen-bond donors (Lipinski definition) is 1. The van der Waals surface area contributed by atoms with Gasteiger partial charge in [-0.1, -0.05) is 6.92 Å². The fourth-order valence-corrected chi connectivity index (χ4v) is 3.90. The van der Waals surface area contributed by atoms with Gasteiger partial charge < -0.3 is 5.73 Å². The first-order valence-corrected chi connectivity index (χ1v) is 9.16. The second kappa shape index (κ2) is 8.03. The van der Waals surface area contributed by atoms with Gasteiger partial charge in [-0.2, -0.15) is 4.31 Å². The minimum absolute atomic E-state index is 0.0433. The van der Waals surface area contributed by atoms with E-state index in [-0.39, 0.29) is 22.7 Å². The Morgan fingerprint density at radius 2 is 1.67 bits per heavy atom. The number of hydrogen-bond acceptors (Lipinski definition) is 5. The Morgan fingerprint density at radius 1 is 1.11 bits per heavy atom. The van der Waals surface area contributed by atoms with E-state index < -0.39 is 45.0 Å². The van der Waals surface area contributed by atoms with Crippen molar-refractivity contribution in [1.82, 2.24) is 4.31 Å². The van der Waals surface area contributed by atoms with Crippen molar-refractivity contribution < 1.29 is 26.5 Å². The van der Waals surface area contributed by atoms with Crippen LogP contribution in [0.3, 0.4) is 0 Å². The zero-order chi connectivity index (χ0) is 20.4. The maximum atomic E-state index is 13.9. The highest BCUT2D eigenvalue weighted by Gasteiger charge is 2.27. The van der Waals surface area contributed by atoms with Crippen molar-refractivity contribution in [2.45, 2.75) is 17.9 Å². The van der Waals surface area contributed by atoms with E-state index in [0.29, 0.717) is 12.1 Å². The molecule has 11 heteroatoms. The van der Waals surface area contributed by atoms with Crippen LogP contribution in [0.2, 0.25) is 0 Å². The summed E-state index contributed by atoms with van der Waals surface area (Å²) in [4.78, 5) is 9.79. The molecule has 0 heterocycles. The fraction of sp³-hybridized carbons (Fsp3) is 0.250. The lowest BCUT2D eigenvalue weighted by molar-refractivity contribution is -0.384. The van der Waals surface area contributed by atoms with Gasteiger partial charge in [0.05, 0.1) is 9.82 Å². The summed E-state index contributed by atoms with van der Waals surface area (Å²) < 4.78 is 66.6. The third-order valence-electron chi connectivity index (χ3n) is 3.88. The molecule has 0 aliphatic heterocycles. The average Bonchev–Trinajstić information content (AvgIpc) is 2.62. The van der Waals surface area contributed by atoms with Crippen LogP contribution in [0.1, 0.15) is 18.5 Å². The number of benzene rings is 2. The number of nitro groups is 1. The second-order valence-electron chi connectivity index (χ2n) is 5.60. The number of sulfonamides is 1. The molecule has 146 valence electrons. The van der Waals surface area contributed by atoms with E-state index >= 15 is 0 Å². The third-order valence-corrected chi connectivity index (χ3v) is 5.83. The number of likely N-dealkylation sites (N-methyl/N-ethyl adjacent to an activating group) is 1. The van der Waals surface area contributed by atoms with Crippen LogP contribution in [0, 0.1) is 27.6 Å². The molecule has 0 aliphatic rings. The summed E-state index contributed by atoms with van der Waals surface area (Å²) in [5, 5.41) is 10.7. The van der Waals surface area contributed by atoms with Gasteiger partial charge >= 0.3 is 0 Å². The van der Waals surface area contributed by atoms with E-state index in [0.717, 1.165) is 28.6 Å². The van der Waals surface area contributed by atoms with Gasteiger partial charge in [0.25, 0.3) is 5.69 Å². The molecular formula is C16H16F3N3O4S. The molecule has 0 saturated carbocycles. The molecule has 0 amide bonds. The van der Waals surface area contributed by atoms with Gasteiger partial charge in [-0.25, -0.2) is 21.6 Å². The van der Waals surface area contributed by atoms with Gasteiger partial charge in [-0.15, -0.1) is 0 Å². The highest BCUT2D eigenvalue weighted by Crippen LogP contribution is 2.24. The van der Waals surface area contributed by atoms with E-state index in [2.05, 4.69) is 0 Å². The summed E-state index contributed by atoms with van der Waals surface area (Å²) in [5.74, 6) is -3.78. The lowest BCUT2D eigenvalue weighted by Gasteiger charge is -2.24. The molecule has 0 bridgehead atoms. The first-order valence-electron chi connectivity index (χ1n) is 7.72. The molecule has 0 radical (unpaired) electrons. The fourth-order valence-electron chi connectivity index (χ4n) is 2.43. The van der Waals surface area contributed by atoms with Crippen LogP contribution in [-0.2, 0) is 10.0 Å². The second-order valence-corrected chi connectivity index (χ2v) is 7.54. The van der Waals surface area contributed by atoms with E-state index in [1.807, 2.05) is 0 Å². The Hall–Kier alpha value is -2.50. The number of nitrogens with two attached hydrogens (primary N) is 1. The molecule has 2 aromatic carbocycles. The quantitative estimate of drug-likeness (QED) is 0.435. The van der Waals surface area contributed by atoms with Gasteiger partial charge in [-0.3, -0.25) is 10.1 Å². The minimum atomic E-state index is -4.09. The highest BCUT2D eigenvalue weighted by atomic mass is 32.2. The summed E-state index contributed by atoms with van der Waals surface area (Å²) in [6.07, 6.45) is 0. The monoisotopic (exact) mass is 403 g/mol. The highest BCUT2D eigenvalue weighted by molar-refractivity contribution is 7.89. The number of rotatable bonds is 7. The molecule has 2 rings (SSSR count). The Balaban J connectivity index is 2.30. The molecular weight excluding hydrogens is 387 g/mol. The summed E-state index contributed by atoms with van der Waals surface area (Å²) in [7, 11) is -4.09. The van der Waals surface area contributed by atoms with Crippen LogP contribution in [-0.4, -0.2) is 30.7 Å². The Morgan fingerprint density at radius 3 is 2.19 bits per heavy atom. The van der Waals surface area contributed by atoms with E-state index in [9.17, 15) is 31.7 Å². The van der Waals surface area contributed by atoms with Crippen LogP contribution in [0.5, 0.6) is 0 Å². The van der Waals surface area contributed by atoms with Gasteiger partial charge in [0, 0.05) is 42.9 Å². The lowest BCUT2D eigenvalue weighted by Crippen LogP contribution is -2.37. The first-order chi connectivity index (χ1) is 12.6. The van der Waals surface area contributed by atoms with Crippen LogP contribution in [0.15, 0.2) is 41.3 Å². The van der Waals surface area contributed by atoms with Crippen LogP contribution >= 0.6 is 0 Å². The van der Waals surface area contributed by atoms with E-state index in [1.165, 1.54) is 6.92 Å². The predicted octanol–water partition coefficient (Wildman–Crippen LogP) is 2.72. The van der Waals surface area contributed by atoms with Gasteiger partial charge in [0.1, 0.15) is 5.82 Å². The number of non-ortho nitro benzene ring substituents is 1. The molecule has 2 aromatic rings. The molecule has 0 aromatic heterocycles. The van der Waals surface area contributed by atoms with Crippen molar-refractivity contribution in [3.8, 4) is 0 Å². The summed E-state index contributed by atoms with van der Waals surface area (Å²) in [6, 6.07) is 3.88. The molecule has 0 spiro atoms. The zero-order valence-corrected chi connectivity index (χ0v) is 14.9. The smallest absolute Gasteiger partial charge is 0.269 e. The standard InChI is InChI=1S/C16H16F3N3O4S/c1-2-21(9-16(20)12-7-14(18)15(19)8-13(12)17)27(25,26)11-5-3-10(4-6-11)22(23)24/h3-8,16H,2,9,20H2,1H3/t16-/m1/s1. The van der Waals surface area contributed by atoms with Crippen molar-refractivity contribution in [3.63, 3.8) is 0 Å². The molecule has 0 unspecified atom stereocenters. The Bertz CT molecular complexity index is 952. The molecule has 27 heavy (non-hydrogen) atoms. The van der Waals surface area contributed by atoms with Gasteiger partial charge in [0.2, 0.25) is 10.0 Å². The van der Waals surface area contributed by atoms with Crippen LogP contribution in [0.4, 0.5) is 18.9 Å². The number of halogens is 3. The van der Waals surface area contributed by atoms with E-state index in [1.54, 1.807) is 0 Å². The van der Waals surface area contributed by atoms with Crippen LogP contribution in [0.25, 0.3) is 0 Å². The Kier molecular flexibility index (Phi) is 6.19. The van der Waals surface area contributed by atoms with Crippen molar-refractivity contribution >= 4 is 15.7 Å². The maximum absolute atomic E-state index is 13.9. The zero-order valence-electron chi connectivity index (χ0n) is 14.1. The average molecular weight is 403 g/mol. The van der Waals surface area contributed by atoms with Crippen LogP contribution < -0.4 is 5.73 Å². The summed E-state index contributed by atoms with van der Waals surface area (Å²) in [6.45, 7) is 1.06. The molecule has 7 nitrogen and oxygen atoms in total. The molecule has 0 aliphatic carbocycles. The van der Waals surface area contributed by atoms with Crippen molar-refractivity contribution in [3.05, 3.63) is 69.5 Å². The maximum Gasteiger partial charge on any atom is 0.269 e.